The average Bonchev–Trinajstić information content (AvgIpc) is 2.54. The van der Waals surface area contributed by atoms with E-state index in [0.717, 1.165) is 0 Å². The van der Waals surface area contributed by atoms with Gasteiger partial charge in [-0.3, -0.25) is 9.59 Å². The van der Waals surface area contributed by atoms with Gasteiger partial charge < -0.3 is 24.3 Å². The zero-order valence-corrected chi connectivity index (χ0v) is 20.6. The molecule has 0 heterocycles. The van der Waals surface area contributed by atoms with Gasteiger partial charge in [-0.2, -0.15) is 0 Å². The number of hydrogen-bond donors (Lipinski definition) is 1. The van der Waals surface area contributed by atoms with Crippen molar-refractivity contribution in [2.45, 2.75) is 104 Å². The number of hydrogen-bond acceptors (Lipinski definition) is 9. The molecule has 0 unspecified atom stereocenters. The van der Waals surface area contributed by atoms with Crippen LogP contribution in [0, 0.1) is 0 Å². The summed E-state index contributed by atoms with van der Waals surface area (Å²) >= 11 is 0. The Bertz CT molecular complexity index is 694. The highest BCUT2D eigenvalue weighted by Gasteiger charge is 2.29. The third-order valence-electron chi connectivity index (χ3n) is 3.21. The van der Waals surface area contributed by atoms with Crippen molar-refractivity contribution in [2.75, 3.05) is 6.61 Å². The fourth-order valence-electron chi connectivity index (χ4n) is 2.14. The van der Waals surface area contributed by atoms with Crippen LogP contribution < -0.4 is 5.32 Å². The Balaban J connectivity index is 4.90. The minimum atomic E-state index is -1.21. The van der Waals surface area contributed by atoms with Crippen LogP contribution in [0.15, 0.2) is 0 Å². The Morgan fingerprint density at radius 1 is 0.688 bits per heavy atom. The molecule has 0 bridgehead atoms. The second-order valence-corrected chi connectivity index (χ2v) is 10.2. The lowest BCUT2D eigenvalue weighted by atomic mass is 10.1. The van der Waals surface area contributed by atoms with Gasteiger partial charge in [0.25, 0.3) is 0 Å². The van der Waals surface area contributed by atoms with E-state index in [-0.39, 0.29) is 25.9 Å². The Morgan fingerprint density at radius 2 is 1.19 bits per heavy atom. The van der Waals surface area contributed by atoms with Gasteiger partial charge in [0, 0.05) is 12.8 Å². The van der Waals surface area contributed by atoms with Crippen LogP contribution in [0.2, 0.25) is 0 Å². The Labute approximate surface area is 189 Å². The lowest BCUT2D eigenvalue weighted by Gasteiger charge is -2.24. The van der Waals surface area contributed by atoms with Crippen LogP contribution in [0.5, 0.6) is 0 Å². The molecular formula is C22H37NO9. The summed E-state index contributed by atoms with van der Waals surface area (Å²) in [5, 5.41) is 2.47. The van der Waals surface area contributed by atoms with Crippen LogP contribution in [0.4, 0.5) is 0 Å². The number of nitrogens with one attached hydrogen (secondary N) is 1. The molecule has 10 nitrogen and oxygen atoms in total. The predicted molar refractivity (Wildman–Crippen MR) is 114 cm³/mol. The van der Waals surface area contributed by atoms with Crippen molar-refractivity contribution in [3.8, 4) is 0 Å². The lowest BCUT2D eigenvalue weighted by Crippen LogP contribution is -2.45. The molecule has 0 aliphatic heterocycles. The van der Waals surface area contributed by atoms with Gasteiger partial charge in [-0.15, -0.1) is 0 Å². The van der Waals surface area contributed by atoms with Crippen LogP contribution in [-0.4, -0.2) is 59.2 Å². The summed E-state index contributed by atoms with van der Waals surface area (Å²) in [5.74, 6) is -4.23. The fraction of sp³-hybridized carbons (Fsp3) is 0.773. The van der Waals surface area contributed by atoms with Crippen LogP contribution >= 0.6 is 0 Å². The van der Waals surface area contributed by atoms with E-state index >= 15 is 0 Å². The zero-order valence-electron chi connectivity index (χ0n) is 20.6. The van der Waals surface area contributed by atoms with Gasteiger partial charge in [0.2, 0.25) is 5.91 Å². The molecule has 1 N–H and O–H groups in total. The maximum absolute atomic E-state index is 12.5. The van der Waals surface area contributed by atoms with E-state index in [1.165, 1.54) is 0 Å². The first-order valence-electron chi connectivity index (χ1n) is 10.4. The van der Waals surface area contributed by atoms with Crippen molar-refractivity contribution in [3.05, 3.63) is 0 Å². The average molecular weight is 460 g/mol. The second kappa shape index (κ2) is 11.8. The first kappa shape index (κ1) is 29.4. The number of amides is 1. The Morgan fingerprint density at radius 3 is 1.66 bits per heavy atom. The summed E-state index contributed by atoms with van der Waals surface area (Å²) in [6.45, 7) is 14.6. The van der Waals surface area contributed by atoms with Crippen molar-refractivity contribution in [1.82, 2.24) is 5.32 Å². The van der Waals surface area contributed by atoms with E-state index in [4.69, 9.17) is 18.9 Å². The first-order valence-corrected chi connectivity index (χ1v) is 10.4. The normalized spacial score (nSPS) is 12.9. The molecule has 0 aliphatic carbocycles. The van der Waals surface area contributed by atoms with Crippen molar-refractivity contribution in [1.29, 1.82) is 0 Å². The number of carbonyl (C=O) groups excluding carboxylic acids is 5. The second-order valence-electron chi connectivity index (χ2n) is 10.2. The number of rotatable bonds is 8. The maximum Gasteiger partial charge on any atom is 0.417 e. The Hall–Kier alpha value is -2.65. The number of carbonyl (C=O) groups is 5. The molecule has 0 aliphatic rings. The predicted octanol–water partition coefficient (Wildman–Crippen LogP) is 2.21. The van der Waals surface area contributed by atoms with Gasteiger partial charge in [0.05, 0.1) is 13.0 Å². The SMILES string of the molecule is CC(C)(C)OC(=O)CCC(=O)N[C@@H](CCOC(=O)C(=O)OC(C)(C)C)C(=O)OC(C)(C)C. The molecule has 1 amide bonds. The summed E-state index contributed by atoms with van der Waals surface area (Å²) in [6.07, 6.45) is -0.509. The highest BCUT2D eigenvalue weighted by molar-refractivity contribution is 6.29. The van der Waals surface area contributed by atoms with Gasteiger partial charge in [0.15, 0.2) is 0 Å². The van der Waals surface area contributed by atoms with E-state index in [0.29, 0.717) is 0 Å². The molecule has 0 aromatic rings. The molecule has 0 saturated carbocycles. The monoisotopic (exact) mass is 459 g/mol. The quantitative estimate of drug-likeness (QED) is 0.329. The molecular weight excluding hydrogens is 422 g/mol. The van der Waals surface area contributed by atoms with Gasteiger partial charge in [-0.1, -0.05) is 0 Å². The standard InChI is InChI=1S/C22H37NO9/c1-20(2,3)30-16(25)11-10-15(24)23-14(17(26)31-21(4,5)6)12-13-29-18(27)19(28)32-22(7,8)9/h14H,10-13H2,1-9H3,(H,23,24)/t14-/m0/s1. The van der Waals surface area contributed by atoms with Crippen LogP contribution in [0.25, 0.3) is 0 Å². The third-order valence-corrected chi connectivity index (χ3v) is 3.21. The molecule has 0 aromatic carbocycles. The topological polar surface area (TPSA) is 134 Å². The zero-order chi connectivity index (χ0) is 25.3. The summed E-state index contributed by atoms with van der Waals surface area (Å²) in [6, 6.07) is -1.15. The van der Waals surface area contributed by atoms with Gasteiger partial charge in [-0.05, 0) is 62.3 Å². The van der Waals surface area contributed by atoms with Crippen LogP contribution in [0.3, 0.4) is 0 Å². The summed E-state index contributed by atoms with van der Waals surface area (Å²) in [5.41, 5.74) is -2.36. The van der Waals surface area contributed by atoms with Gasteiger partial charge in [0.1, 0.15) is 22.8 Å². The van der Waals surface area contributed by atoms with E-state index < -0.39 is 52.6 Å². The molecule has 0 aromatic heterocycles. The molecule has 10 heteroatoms. The number of esters is 4. The Kier molecular flexibility index (Phi) is 10.8. The minimum Gasteiger partial charge on any atom is -0.460 e. The number of ether oxygens (including phenoxy) is 4. The third kappa shape index (κ3) is 15.2. The molecule has 1 atom stereocenters. The van der Waals surface area contributed by atoms with Crippen molar-refractivity contribution in [3.63, 3.8) is 0 Å². The largest absolute Gasteiger partial charge is 0.460 e. The van der Waals surface area contributed by atoms with E-state index in [1.54, 1.807) is 62.3 Å². The molecule has 0 fully saturated rings. The fourth-order valence-corrected chi connectivity index (χ4v) is 2.14. The van der Waals surface area contributed by atoms with E-state index in [2.05, 4.69) is 5.32 Å². The van der Waals surface area contributed by atoms with Crippen molar-refractivity contribution >= 4 is 29.8 Å². The molecule has 0 spiro atoms. The smallest absolute Gasteiger partial charge is 0.417 e. The molecule has 32 heavy (non-hydrogen) atoms. The van der Waals surface area contributed by atoms with Gasteiger partial charge in [-0.25, -0.2) is 14.4 Å². The molecule has 0 saturated heterocycles. The highest BCUT2D eigenvalue weighted by atomic mass is 16.6. The van der Waals surface area contributed by atoms with Crippen molar-refractivity contribution in [2.24, 2.45) is 0 Å². The summed E-state index contributed by atoms with van der Waals surface area (Å²) in [7, 11) is 0. The lowest BCUT2D eigenvalue weighted by molar-refractivity contribution is -0.175. The minimum absolute atomic E-state index is 0.137. The summed E-state index contributed by atoms with van der Waals surface area (Å²) < 4.78 is 20.2. The molecule has 0 rings (SSSR count). The van der Waals surface area contributed by atoms with E-state index in [1.807, 2.05) is 0 Å². The molecule has 184 valence electrons. The van der Waals surface area contributed by atoms with Crippen LogP contribution in [0.1, 0.15) is 81.6 Å². The molecule has 0 radical (unpaired) electrons. The summed E-state index contributed by atoms with van der Waals surface area (Å²) in [4.78, 5) is 59.9. The first-order chi connectivity index (χ1) is 14.3. The van der Waals surface area contributed by atoms with Gasteiger partial charge >= 0.3 is 23.9 Å². The van der Waals surface area contributed by atoms with Crippen LogP contribution in [-0.2, 0) is 42.9 Å². The van der Waals surface area contributed by atoms with E-state index in [9.17, 15) is 24.0 Å². The highest BCUT2D eigenvalue weighted by Crippen LogP contribution is 2.12. The van der Waals surface area contributed by atoms with Crippen molar-refractivity contribution < 1.29 is 42.9 Å². The maximum atomic E-state index is 12.5.